The summed E-state index contributed by atoms with van der Waals surface area (Å²) < 4.78 is 32.2. The van der Waals surface area contributed by atoms with E-state index in [4.69, 9.17) is 16.3 Å². The van der Waals surface area contributed by atoms with Crippen LogP contribution in [0.2, 0.25) is 0 Å². The Kier molecular flexibility index (Phi) is 7.44. The van der Waals surface area contributed by atoms with E-state index in [1.165, 1.54) is 7.11 Å². The summed E-state index contributed by atoms with van der Waals surface area (Å²) in [4.78, 5) is 11.6. The Morgan fingerprint density at radius 3 is 2.23 bits per heavy atom. The Balaban J connectivity index is 2.03. The molecule has 2 rings (SSSR count). The zero-order valence-corrected chi connectivity index (χ0v) is 15.9. The lowest BCUT2D eigenvalue weighted by Crippen LogP contribution is -2.17. The number of nitrogens with one attached hydrogen (secondary N) is 2. The maximum absolute atomic E-state index is 12.5. The van der Waals surface area contributed by atoms with Gasteiger partial charge in [0.1, 0.15) is 6.61 Å². The van der Waals surface area contributed by atoms with Gasteiger partial charge in [-0.15, -0.1) is 11.6 Å². The van der Waals surface area contributed by atoms with Crippen molar-refractivity contribution in [3.8, 4) is 0 Å². The predicted molar refractivity (Wildman–Crippen MR) is 103 cm³/mol. The first kappa shape index (κ1) is 20.2. The molecule has 0 aromatic heterocycles. The Morgan fingerprint density at radius 1 is 1.04 bits per heavy atom. The van der Waals surface area contributed by atoms with Gasteiger partial charge >= 0.3 is 0 Å². The van der Waals surface area contributed by atoms with E-state index < -0.39 is 10.0 Å². The van der Waals surface area contributed by atoms with Crippen molar-refractivity contribution < 1.29 is 17.9 Å². The SMILES string of the molecule is COCC(=O)Nc1ccc(NS(=O)(=O)c2ccc(CCCCl)cc2)cc1. The van der Waals surface area contributed by atoms with Gasteiger partial charge in [0.05, 0.1) is 4.90 Å². The molecule has 0 aliphatic carbocycles. The lowest BCUT2D eigenvalue weighted by atomic mass is 10.1. The maximum Gasteiger partial charge on any atom is 0.261 e. The fourth-order valence-corrected chi connectivity index (χ4v) is 3.46. The number of carbonyl (C=O) groups excluding carboxylic acids is 1. The van der Waals surface area contributed by atoms with Gasteiger partial charge in [0.2, 0.25) is 5.91 Å². The number of benzene rings is 2. The van der Waals surface area contributed by atoms with Gasteiger partial charge in [-0.25, -0.2) is 8.42 Å². The van der Waals surface area contributed by atoms with Crippen molar-refractivity contribution >= 4 is 38.9 Å². The monoisotopic (exact) mass is 396 g/mol. The molecular formula is C18H21ClN2O4S. The number of rotatable bonds is 9. The molecule has 8 heteroatoms. The third-order valence-corrected chi connectivity index (χ3v) is 5.19. The second-order valence-electron chi connectivity index (χ2n) is 5.60. The molecule has 26 heavy (non-hydrogen) atoms. The number of hydrogen-bond acceptors (Lipinski definition) is 4. The first-order valence-corrected chi connectivity index (χ1v) is 10.0. The molecule has 0 unspecified atom stereocenters. The maximum atomic E-state index is 12.5. The molecule has 0 fully saturated rings. The lowest BCUT2D eigenvalue weighted by Gasteiger charge is -2.10. The molecule has 1 amide bonds. The Morgan fingerprint density at radius 2 is 1.65 bits per heavy atom. The van der Waals surface area contributed by atoms with Gasteiger partial charge in [0, 0.05) is 24.4 Å². The van der Waals surface area contributed by atoms with Crippen molar-refractivity contribution in [1.29, 1.82) is 0 Å². The second kappa shape index (κ2) is 9.56. The normalized spacial score (nSPS) is 11.2. The highest BCUT2D eigenvalue weighted by atomic mass is 35.5. The van der Waals surface area contributed by atoms with Gasteiger partial charge < -0.3 is 10.1 Å². The second-order valence-corrected chi connectivity index (χ2v) is 7.66. The zero-order chi connectivity index (χ0) is 19.0. The summed E-state index contributed by atoms with van der Waals surface area (Å²) in [6, 6.07) is 13.1. The number of methoxy groups -OCH3 is 1. The van der Waals surface area contributed by atoms with E-state index >= 15 is 0 Å². The quantitative estimate of drug-likeness (QED) is 0.637. The summed E-state index contributed by atoms with van der Waals surface area (Å²) in [5.74, 6) is 0.291. The first-order chi connectivity index (χ1) is 12.4. The number of alkyl halides is 1. The van der Waals surface area contributed by atoms with Crippen LogP contribution < -0.4 is 10.0 Å². The summed E-state index contributed by atoms with van der Waals surface area (Å²) in [6.45, 7) is -0.0464. The molecule has 2 aromatic rings. The minimum atomic E-state index is -3.68. The molecule has 0 radical (unpaired) electrons. The van der Waals surface area contributed by atoms with Gasteiger partial charge in [-0.05, 0) is 54.8 Å². The van der Waals surface area contributed by atoms with E-state index in [0.29, 0.717) is 17.3 Å². The van der Waals surface area contributed by atoms with Crippen molar-refractivity contribution in [1.82, 2.24) is 0 Å². The smallest absolute Gasteiger partial charge is 0.261 e. The van der Waals surface area contributed by atoms with E-state index in [1.54, 1.807) is 48.5 Å². The van der Waals surface area contributed by atoms with Gasteiger partial charge in [-0.1, -0.05) is 12.1 Å². The number of ether oxygens (including phenoxy) is 1. The third kappa shape index (κ3) is 6.01. The Hall–Kier alpha value is -2.09. The molecule has 140 valence electrons. The van der Waals surface area contributed by atoms with Crippen molar-refractivity contribution in [2.75, 3.05) is 29.6 Å². The summed E-state index contributed by atoms with van der Waals surface area (Å²) >= 11 is 5.66. The molecule has 0 atom stereocenters. The molecule has 0 aliphatic rings. The van der Waals surface area contributed by atoms with Crippen LogP contribution in [0.4, 0.5) is 11.4 Å². The molecule has 2 N–H and O–H groups in total. The predicted octanol–water partition coefficient (Wildman–Crippen LogP) is 3.24. The minimum Gasteiger partial charge on any atom is -0.375 e. The molecule has 0 bridgehead atoms. The Labute approximate surface area is 158 Å². The van der Waals surface area contributed by atoms with E-state index in [9.17, 15) is 13.2 Å². The number of sulfonamides is 1. The Bertz CT molecular complexity index is 821. The van der Waals surface area contributed by atoms with Gasteiger partial charge in [0.15, 0.2) is 0 Å². The topological polar surface area (TPSA) is 84.5 Å². The van der Waals surface area contributed by atoms with Crippen LogP contribution in [0.15, 0.2) is 53.4 Å². The largest absolute Gasteiger partial charge is 0.375 e. The van der Waals surface area contributed by atoms with Crippen molar-refractivity contribution in [2.45, 2.75) is 17.7 Å². The molecule has 2 aromatic carbocycles. The number of halogens is 1. The average Bonchev–Trinajstić information content (AvgIpc) is 2.62. The molecule has 0 aliphatic heterocycles. The van der Waals surface area contributed by atoms with Crippen LogP contribution in [0.3, 0.4) is 0 Å². The number of carbonyl (C=O) groups is 1. The molecule has 0 saturated carbocycles. The first-order valence-electron chi connectivity index (χ1n) is 8.01. The van der Waals surface area contributed by atoms with Crippen LogP contribution in [0, 0.1) is 0 Å². The van der Waals surface area contributed by atoms with Gasteiger partial charge in [0.25, 0.3) is 10.0 Å². The number of aryl methyl sites for hydroxylation is 1. The van der Waals surface area contributed by atoms with Crippen molar-refractivity contribution in [3.63, 3.8) is 0 Å². The zero-order valence-electron chi connectivity index (χ0n) is 14.4. The van der Waals surface area contributed by atoms with E-state index in [2.05, 4.69) is 10.0 Å². The highest BCUT2D eigenvalue weighted by Crippen LogP contribution is 2.19. The standard InChI is InChI=1S/C18H21ClN2O4S/c1-25-13-18(22)20-15-6-8-16(9-7-15)21-26(23,24)17-10-4-14(5-11-17)3-2-12-19/h4-11,21H,2-3,12-13H2,1H3,(H,20,22). The van der Waals surface area contributed by atoms with Gasteiger partial charge in [-0.2, -0.15) is 0 Å². The van der Waals surface area contributed by atoms with E-state index in [0.717, 1.165) is 18.4 Å². The molecule has 0 heterocycles. The van der Waals surface area contributed by atoms with Crippen molar-refractivity contribution in [3.05, 3.63) is 54.1 Å². The van der Waals surface area contributed by atoms with Crippen LogP contribution >= 0.6 is 11.6 Å². The molecule has 0 saturated heterocycles. The fraction of sp³-hybridized carbons (Fsp3) is 0.278. The van der Waals surface area contributed by atoms with Crippen LogP contribution in [0.25, 0.3) is 0 Å². The number of amides is 1. The van der Waals surface area contributed by atoms with Crippen molar-refractivity contribution in [2.24, 2.45) is 0 Å². The summed E-state index contributed by atoms with van der Waals surface area (Å²) in [6.07, 6.45) is 1.66. The summed E-state index contributed by atoms with van der Waals surface area (Å²) in [7, 11) is -2.25. The average molecular weight is 397 g/mol. The van der Waals surface area contributed by atoms with E-state index in [1.807, 2.05) is 0 Å². The van der Waals surface area contributed by atoms with Gasteiger partial charge in [-0.3, -0.25) is 9.52 Å². The number of anilines is 2. The van der Waals surface area contributed by atoms with Crippen LogP contribution in [-0.4, -0.2) is 33.9 Å². The van der Waals surface area contributed by atoms with E-state index in [-0.39, 0.29) is 17.4 Å². The van der Waals surface area contributed by atoms with Crippen LogP contribution in [0.1, 0.15) is 12.0 Å². The lowest BCUT2D eigenvalue weighted by molar-refractivity contribution is -0.119. The summed E-state index contributed by atoms with van der Waals surface area (Å²) in [5, 5.41) is 2.64. The fourth-order valence-electron chi connectivity index (χ4n) is 2.27. The molecular weight excluding hydrogens is 376 g/mol. The highest BCUT2D eigenvalue weighted by Gasteiger charge is 2.14. The molecule has 0 spiro atoms. The third-order valence-electron chi connectivity index (χ3n) is 3.53. The summed E-state index contributed by atoms with van der Waals surface area (Å²) in [5.41, 5.74) is 2.00. The number of hydrogen-bond donors (Lipinski definition) is 2. The van der Waals surface area contributed by atoms with Crippen LogP contribution in [-0.2, 0) is 26.0 Å². The van der Waals surface area contributed by atoms with Crippen LogP contribution in [0.5, 0.6) is 0 Å². The molecule has 6 nitrogen and oxygen atoms in total. The highest BCUT2D eigenvalue weighted by molar-refractivity contribution is 7.92. The minimum absolute atomic E-state index is 0.0464.